The van der Waals surface area contributed by atoms with Gasteiger partial charge in [-0.25, -0.2) is 0 Å². The zero-order valence-electron chi connectivity index (χ0n) is 10.1. The molecule has 1 N–H and O–H groups in total. The standard InChI is InChI=1S/C12H22N2O2/c1-16-9-10-5-7-14(8-10)12(15)11-4-2-3-6-13-11/h10-11,13H,2-9H2,1H3/t10?,11-/m0/s1. The first-order chi connectivity index (χ1) is 7.81. The Morgan fingerprint density at radius 3 is 3.00 bits per heavy atom. The SMILES string of the molecule is COCC1CCN(C(=O)[C@@H]2CCCCN2)C1. The molecule has 16 heavy (non-hydrogen) atoms. The molecule has 2 heterocycles. The minimum Gasteiger partial charge on any atom is -0.384 e. The zero-order chi connectivity index (χ0) is 11.4. The molecular weight excluding hydrogens is 204 g/mol. The molecule has 0 aromatic heterocycles. The van der Waals surface area contributed by atoms with Gasteiger partial charge in [-0.1, -0.05) is 6.42 Å². The van der Waals surface area contributed by atoms with Crippen molar-refractivity contribution < 1.29 is 9.53 Å². The van der Waals surface area contributed by atoms with Crippen molar-refractivity contribution in [2.75, 3.05) is 33.4 Å². The second-order valence-corrected chi connectivity index (χ2v) is 4.90. The van der Waals surface area contributed by atoms with Crippen LogP contribution in [0.15, 0.2) is 0 Å². The summed E-state index contributed by atoms with van der Waals surface area (Å²) in [6.07, 6.45) is 4.48. The third-order valence-corrected chi connectivity index (χ3v) is 3.61. The number of hydrogen-bond donors (Lipinski definition) is 1. The first-order valence-electron chi connectivity index (χ1n) is 6.32. The molecule has 2 rings (SSSR count). The zero-order valence-corrected chi connectivity index (χ0v) is 10.1. The Hall–Kier alpha value is -0.610. The average Bonchev–Trinajstić information content (AvgIpc) is 2.78. The van der Waals surface area contributed by atoms with Gasteiger partial charge in [-0.15, -0.1) is 0 Å². The Bertz CT molecular complexity index is 239. The maximum atomic E-state index is 12.2. The molecule has 0 aliphatic carbocycles. The van der Waals surface area contributed by atoms with Crippen LogP contribution in [0.4, 0.5) is 0 Å². The Kier molecular flexibility index (Phi) is 4.18. The number of carbonyl (C=O) groups excluding carboxylic acids is 1. The van der Waals surface area contributed by atoms with Gasteiger partial charge >= 0.3 is 0 Å². The van der Waals surface area contributed by atoms with E-state index in [9.17, 15) is 4.79 Å². The number of piperidine rings is 1. The van der Waals surface area contributed by atoms with Crippen molar-refractivity contribution in [2.45, 2.75) is 31.7 Å². The van der Waals surface area contributed by atoms with E-state index in [1.165, 1.54) is 12.8 Å². The lowest BCUT2D eigenvalue weighted by Gasteiger charge is -2.27. The van der Waals surface area contributed by atoms with E-state index in [1.54, 1.807) is 7.11 Å². The summed E-state index contributed by atoms with van der Waals surface area (Å²) >= 11 is 0. The molecule has 1 amide bonds. The highest BCUT2D eigenvalue weighted by molar-refractivity contribution is 5.82. The molecule has 0 aromatic rings. The normalized spacial score (nSPS) is 30.7. The highest BCUT2D eigenvalue weighted by Crippen LogP contribution is 2.19. The summed E-state index contributed by atoms with van der Waals surface area (Å²) in [6, 6.07) is 0.0787. The quantitative estimate of drug-likeness (QED) is 0.767. The van der Waals surface area contributed by atoms with Gasteiger partial charge in [-0.3, -0.25) is 4.79 Å². The molecule has 92 valence electrons. The number of amides is 1. The van der Waals surface area contributed by atoms with E-state index in [-0.39, 0.29) is 6.04 Å². The number of carbonyl (C=O) groups is 1. The van der Waals surface area contributed by atoms with Crippen LogP contribution in [0.2, 0.25) is 0 Å². The first kappa shape index (κ1) is 11.9. The fourth-order valence-corrected chi connectivity index (χ4v) is 2.69. The Morgan fingerprint density at radius 1 is 1.44 bits per heavy atom. The molecule has 0 radical (unpaired) electrons. The van der Waals surface area contributed by atoms with Gasteiger partial charge in [0, 0.05) is 26.1 Å². The molecule has 4 heteroatoms. The average molecular weight is 226 g/mol. The van der Waals surface area contributed by atoms with Crippen LogP contribution < -0.4 is 5.32 Å². The van der Waals surface area contributed by atoms with Crippen molar-refractivity contribution in [3.05, 3.63) is 0 Å². The van der Waals surface area contributed by atoms with Crippen LogP contribution in [-0.2, 0) is 9.53 Å². The number of hydrogen-bond acceptors (Lipinski definition) is 3. The summed E-state index contributed by atoms with van der Waals surface area (Å²) in [5.74, 6) is 0.843. The lowest BCUT2D eigenvalue weighted by Crippen LogP contribution is -2.47. The van der Waals surface area contributed by atoms with Gasteiger partial charge in [0.25, 0.3) is 0 Å². The van der Waals surface area contributed by atoms with Crippen LogP contribution in [-0.4, -0.2) is 50.2 Å². The maximum absolute atomic E-state index is 12.2. The molecule has 2 aliphatic rings. The Balaban J connectivity index is 1.81. The second-order valence-electron chi connectivity index (χ2n) is 4.90. The molecule has 0 saturated carbocycles. The highest BCUT2D eigenvalue weighted by Gasteiger charge is 2.31. The third-order valence-electron chi connectivity index (χ3n) is 3.61. The first-order valence-corrected chi connectivity index (χ1v) is 6.32. The fraction of sp³-hybridized carbons (Fsp3) is 0.917. The monoisotopic (exact) mass is 226 g/mol. The van der Waals surface area contributed by atoms with Gasteiger partial charge in [0.05, 0.1) is 12.6 Å². The fourth-order valence-electron chi connectivity index (χ4n) is 2.69. The third kappa shape index (κ3) is 2.74. The second kappa shape index (κ2) is 5.64. The molecule has 2 saturated heterocycles. The van der Waals surface area contributed by atoms with Gasteiger partial charge in [0.2, 0.25) is 5.91 Å². The summed E-state index contributed by atoms with van der Waals surface area (Å²) in [7, 11) is 1.73. The molecule has 0 spiro atoms. The van der Waals surface area contributed by atoms with Gasteiger partial charge in [0.15, 0.2) is 0 Å². The number of nitrogens with zero attached hydrogens (tertiary/aromatic N) is 1. The number of ether oxygens (including phenoxy) is 1. The minimum absolute atomic E-state index is 0.0787. The van der Waals surface area contributed by atoms with Crippen LogP contribution in [0.25, 0.3) is 0 Å². The predicted molar refractivity (Wildman–Crippen MR) is 62.2 cm³/mol. The van der Waals surface area contributed by atoms with Gasteiger partial charge in [0.1, 0.15) is 0 Å². The number of methoxy groups -OCH3 is 1. The highest BCUT2D eigenvalue weighted by atomic mass is 16.5. The van der Waals surface area contributed by atoms with Crippen LogP contribution in [0.5, 0.6) is 0 Å². The summed E-state index contributed by atoms with van der Waals surface area (Å²) in [5.41, 5.74) is 0. The van der Waals surface area contributed by atoms with E-state index >= 15 is 0 Å². The van der Waals surface area contributed by atoms with Gasteiger partial charge in [-0.05, 0) is 25.8 Å². The van der Waals surface area contributed by atoms with Crippen LogP contribution in [0.3, 0.4) is 0 Å². The largest absolute Gasteiger partial charge is 0.384 e. The summed E-state index contributed by atoms with van der Waals surface area (Å²) in [6.45, 7) is 3.56. The van der Waals surface area contributed by atoms with Crippen molar-refractivity contribution in [1.29, 1.82) is 0 Å². The van der Waals surface area contributed by atoms with Crippen LogP contribution >= 0.6 is 0 Å². The summed E-state index contributed by atoms with van der Waals surface area (Å²) in [4.78, 5) is 14.2. The molecular formula is C12H22N2O2. The molecule has 0 aromatic carbocycles. The van der Waals surface area contributed by atoms with Crippen molar-refractivity contribution in [2.24, 2.45) is 5.92 Å². The van der Waals surface area contributed by atoms with E-state index in [4.69, 9.17) is 4.74 Å². The van der Waals surface area contributed by atoms with Crippen molar-refractivity contribution in [1.82, 2.24) is 10.2 Å². The predicted octanol–water partition coefficient (Wildman–Crippen LogP) is 0.623. The smallest absolute Gasteiger partial charge is 0.239 e. The number of nitrogens with one attached hydrogen (secondary N) is 1. The molecule has 2 fully saturated rings. The summed E-state index contributed by atoms with van der Waals surface area (Å²) < 4.78 is 5.15. The summed E-state index contributed by atoms with van der Waals surface area (Å²) in [5, 5.41) is 3.32. The molecule has 2 aliphatic heterocycles. The van der Waals surface area contributed by atoms with E-state index in [0.717, 1.165) is 39.1 Å². The van der Waals surface area contributed by atoms with Crippen LogP contribution in [0.1, 0.15) is 25.7 Å². The van der Waals surface area contributed by atoms with E-state index in [2.05, 4.69) is 5.32 Å². The number of likely N-dealkylation sites (tertiary alicyclic amines) is 1. The Morgan fingerprint density at radius 2 is 2.31 bits per heavy atom. The van der Waals surface area contributed by atoms with Crippen molar-refractivity contribution in [3.8, 4) is 0 Å². The molecule has 4 nitrogen and oxygen atoms in total. The van der Waals surface area contributed by atoms with Gasteiger partial charge in [-0.2, -0.15) is 0 Å². The molecule has 2 atom stereocenters. The Labute approximate surface area is 97.3 Å². The lowest BCUT2D eigenvalue weighted by atomic mass is 10.0. The van der Waals surface area contributed by atoms with Crippen molar-refractivity contribution in [3.63, 3.8) is 0 Å². The number of rotatable bonds is 3. The van der Waals surface area contributed by atoms with Crippen molar-refractivity contribution >= 4 is 5.91 Å². The lowest BCUT2D eigenvalue weighted by molar-refractivity contribution is -0.133. The van der Waals surface area contributed by atoms with Gasteiger partial charge < -0.3 is 15.0 Å². The molecule has 0 bridgehead atoms. The minimum atomic E-state index is 0.0787. The van der Waals surface area contributed by atoms with E-state index in [0.29, 0.717) is 11.8 Å². The molecule has 1 unspecified atom stereocenters. The van der Waals surface area contributed by atoms with E-state index in [1.807, 2.05) is 4.90 Å². The van der Waals surface area contributed by atoms with Crippen LogP contribution in [0, 0.1) is 5.92 Å². The van der Waals surface area contributed by atoms with E-state index < -0.39 is 0 Å². The topological polar surface area (TPSA) is 41.6 Å². The maximum Gasteiger partial charge on any atom is 0.239 e.